The van der Waals surface area contributed by atoms with Crippen molar-refractivity contribution < 1.29 is 9.90 Å². The van der Waals surface area contributed by atoms with Crippen molar-refractivity contribution >= 4 is 29.2 Å². The van der Waals surface area contributed by atoms with E-state index in [1.807, 2.05) is 6.07 Å². The third kappa shape index (κ3) is 4.11. The summed E-state index contributed by atoms with van der Waals surface area (Å²) in [5, 5.41) is 10.3. The van der Waals surface area contributed by atoms with E-state index in [4.69, 9.17) is 23.2 Å². The molecule has 1 saturated heterocycles. The van der Waals surface area contributed by atoms with Gasteiger partial charge in [-0.15, -0.1) is 0 Å². The van der Waals surface area contributed by atoms with Crippen molar-refractivity contribution in [1.82, 2.24) is 4.90 Å². The smallest absolute Gasteiger partial charge is 0.305 e. The van der Waals surface area contributed by atoms with Gasteiger partial charge in [0.15, 0.2) is 0 Å². The van der Waals surface area contributed by atoms with Crippen LogP contribution in [0.2, 0.25) is 10.0 Å². The Labute approximate surface area is 129 Å². The molecule has 1 N–H and O–H groups in total. The Morgan fingerprint density at radius 1 is 1.20 bits per heavy atom. The number of carbonyl (C=O) groups is 1. The highest BCUT2D eigenvalue weighted by atomic mass is 35.5. The van der Waals surface area contributed by atoms with Gasteiger partial charge in [-0.2, -0.15) is 0 Å². The number of rotatable bonds is 4. The second-order valence-electron chi connectivity index (χ2n) is 5.23. The largest absolute Gasteiger partial charge is 0.481 e. The number of benzene rings is 1. The number of halogens is 2. The molecule has 0 aliphatic carbocycles. The number of aliphatic carboxylic acids is 1. The zero-order valence-electron chi connectivity index (χ0n) is 11.3. The summed E-state index contributed by atoms with van der Waals surface area (Å²) < 4.78 is 0. The molecule has 5 heteroatoms. The first-order chi connectivity index (χ1) is 9.58. The van der Waals surface area contributed by atoms with Crippen LogP contribution in [0.3, 0.4) is 0 Å². The van der Waals surface area contributed by atoms with Crippen LogP contribution in [0.15, 0.2) is 18.2 Å². The van der Waals surface area contributed by atoms with Crippen molar-refractivity contribution in [1.29, 1.82) is 0 Å². The summed E-state index contributed by atoms with van der Waals surface area (Å²) in [7, 11) is 0. The normalized spacial score (nSPS) is 18.5. The minimum Gasteiger partial charge on any atom is -0.481 e. The quantitative estimate of drug-likeness (QED) is 0.896. The van der Waals surface area contributed by atoms with Crippen molar-refractivity contribution in [3.8, 4) is 0 Å². The minimum absolute atomic E-state index is 0.0708. The third-order valence-corrected chi connectivity index (χ3v) is 4.33. The summed E-state index contributed by atoms with van der Waals surface area (Å²) >= 11 is 12.2. The maximum Gasteiger partial charge on any atom is 0.305 e. The molecule has 0 bridgehead atoms. The van der Waals surface area contributed by atoms with E-state index in [9.17, 15) is 9.90 Å². The van der Waals surface area contributed by atoms with Gasteiger partial charge in [0.1, 0.15) is 0 Å². The zero-order valence-corrected chi connectivity index (χ0v) is 12.8. The SMILES string of the molecule is O=C(O)CC(c1ccc(Cl)cc1Cl)N1CCCCCC1. The summed E-state index contributed by atoms with van der Waals surface area (Å²) in [6, 6.07) is 5.14. The molecule has 20 heavy (non-hydrogen) atoms. The van der Waals surface area contributed by atoms with Gasteiger partial charge in [0.05, 0.1) is 6.42 Å². The van der Waals surface area contributed by atoms with Crippen molar-refractivity contribution in [3.05, 3.63) is 33.8 Å². The van der Waals surface area contributed by atoms with Crippen LogP contribution in [0.4, 0.5) is 0 Å². The molecule has 3 nitrogen and oxygen atoms in total. The first-order valence-corrected chi connectivity index (χ1v) is 7.74. The molecule has 0 saturated carbocycles. The highest BCUT2D eigenvalue weighted by Crippen LogP contribution is 2.33. The topological polar surface area (TPSA) is 40.5 Å². The molecule has 0 amide bonds. The predicted molar refractivity (Wildman–Crippen MR) is 81.5 cm³/mol. The maximum atomic E-state index is 11.2. The van der Waals surface area contributed by atoms with Crippen molar-refractivity contribution in [2.75, 3.05) is 13.1 Å². The summed E-state index contributed by atoms with van der Waals surface area (Å²) in [6.07, 6.45) is 4.72. The zero-order chi connectivity index (χ0) is 14.5. The maximum absolute atomic E-state index is 11.2. The van der Waals surface area contributed by atoms with Crippen LogP contribution in [0.5, 0.6) is 0 Å². The monoisotopic (exact) mass is 315 g/mol. The highest BCUT2D eigenvalue weighted by Gasteiger charge is 2.25. The van der Waals surface area contributed by atoms with E-state index < -0.39 is 5.97 Å². The van der Waals surface area contributed by atoms with Gasteiger partial charge in [-0.25, -0.2) is 0 Å². The van der Waals surface area contributed by atoms with Gasteiger partial charge in [-0.1, -0.05) is 42.1 Å². The first kappa shape index (κ1) is 15.6. The van der Waals surface area contributed by atoms with E-state index in [2.05, 4.69) is 4.90 Å². The van der Waals surface area contributed by atoms with Gasteiger partial charge in [-0.3, -0.25) is 9.69 Å². The lowest BCUT2D eigenvalue weighted by molar-refractivity contribution is -0.138. The van der Waals surface area contributed by atoms with E-state index in [1.165, 1.54) is 12.8 Å². The molecule has 110 valence electrons. The predicted octanol–water partition coefficient (Wildman–Crippen LogP) is 4.39. The minimum atomic E-state index is -0.801. The van der Waals surface area contributed by atoms with Crippen LogP contribution in [-0.4, -0.2) is 29.1 Å². The number of hydrogen-bond donors (Lipinski definition) is 1. The van der Waals surface area contributed by atoms with Crippen molar-refractivity contribution in [2.24, 2.45) is 0 Å². The fraction of sp³-hybridized carbons (Fsp3) is 0.533. The van der Waals surface area contributed by atoms with E-state index in [0.717, 1.165) is 31.5 Å². The van der Waals surface area contributed by atoms with Crippen LogP contribution >= 0.6 is 23.2 Å². The summed E-state index contributed by atoms with van der Waals surface area (Å²) in [5.74, 6) is -0.801. The van der Waals surface area contributed by atoms with E-state index in [0.29, 0.717) is 10.0 Å². The molecule has 1 aromatic carbocycles. The molecule has 2 rings (SSSR count). The van der Waals surface area contributed by atoms with Gasteiger partial charge in [-0.05, 0) is 43.6 Å². The average molecular weight is 316 g/mol. The summed E-state index contributed by atoms with van der Waals surface area (Å²) in [5.41, 5.74) is 0.861. The third-order valence-electron chi connectivity index (χ3n) is 3.77. The standard InChI is InChI=1S/C15H19Cl2NO2/c16-11-5-6-12(13(17)9-11)14(10-15(19)20)18-7-3-1-2-4-8-18/h5-6,9,14H,1-4,7-8,10H2,(H,19,20). The molecule has 1 aliphatic rings. The first-order valence-electron chi connectivity index (χ1n) is 6.98. The molecule has 1 atom stereocenters. The van der Waals surface area contributed by atoms with Crippen LogP contribution < -0.4 is 0 Å². The molecule has 0 radical (unpaired) electrons. The van der Waals surface area contributed by atoms with Gasteiger partial charge in [0.25, 0.3) is 0 Å². The lowest BCUT2D eigenvalue weighted by Crippen LogP contribution is -2.31. The fourth-order valence-electron chi connectivity index (χ4n) is 2.78. The molecule has 1 aromatic rings. The van der Waals surface area contributed by atoms with Crippen molar-refractivity contribution in [3.63, 3.8) is 0 Å². The number of carboxylic acid groups (broad SMARTS) is 1. The number of likely N-dealkylation sites (tertiary alicyclic amines) is 1. The van der Waals surface area contributed by atoms with Gasteiger partial charge >= 0.3 is 5.97 Å². The van der Waals surface area contributed by atoms with Gasteiger partial charge in [0, 0.05) is 16.1 Å². The molecular formula is C15H19Cl2NO2. The van der Waals surface area contributed by atoms with Crippen LogP contribution in [-0.2, 0) is 4.79 Å². The highest BCUT2D eigenvalue weighted by molar-refractivity contribution is 6.35. The van der Waals surface area contributed by atoms with Crippen molar-refractivity contribution in [2.45, 2.75) is 38.1 Å². The summed E-state index contributed by atoms with van der Waals surface area (Å²) in [6.45, 7) is 1.85. The second kappa shape index (κ2) is 7.30. The number of hydrogen-bond acceptors (Lipinski definition) is 2. The number of nitrogens with zero attached hydrogens (tertiary/aromatic N) is 1. The lowest BCUT2D eigenvalue weighted by Gasteiger charge is -2.30. The van der Waals surface area contributed by atoms with Crippen LogP contribution in [0.1, 0.15) is 43.7 Å². The van der Waals surface area contributed by atoms with Crippen LogP contribution in [0, 0.1) is 0 Å². The molecule has 1 unspecified atom stereocenters. The Morgan fingerprint density at radius 3 is 2.40 bits per heavy atom. The fourth-order valence-corrected chi connectivity index (χ4v) is 3.31. The summed E-state index contributed by atoms with van der Waals surface area (Å²) in [4.78, 5) is 13.4. The Morgan fingerprint density at radius 2 is 1.85 bits per heavy atom. The second-order valence-corrected chi connectivity index (χ2v) is 6.07. The molecule has 1 heterocycles. The van der Waals surface area contributed by atoms with Crippen LogP contribution in [0.25, 0.3) is 0 Å². The van der Waals surface area contributed by atoms with Gasteiger partial charge < -0.3 is 5.11 Å². The Balaban J connectivity index is 2.27. The Bertz CT molecular complexity index is 471. The van der Waals surface area contributed by atoms with E-state index >= 15 is 0 Å². The molecule has 0 aromatic heterocycles. The Hall–Kier alpha value is -0.770. The van der Waals surface area contributed by atoms with E-state index in [-0.39, 0.29) is 12.5 Å². The Kier molecular flexibility index (Phi) is 5.70. The average Bonchev–Trinajstić information content (AvgIpc) is 2.65. The molecule has 1 aliphatic heterocycles. The molecule has 1 fully saturated rings. The number of carboxylic acids is 1. The molecular weight excluding hydrogens is 297 g/mol. The lowest BCUT2D eigenvalue weighted by atomic mass is 10.0. The van der Waals surface area contributed by atoms with Gasteiger partial charge in [0.2, 0.25) is 0 Å². The molecule has 0 spiro atoms. The van der Waals surface area contributed by atoms with E-state index in [1.54, 1.807) is 12.1 Å².